The van der Waals surface area contributed by atoms with E-state index in [0.717, 1.165) is 0 Å². The highest BCUT2D eigenvalue weighted by Crippen LogP contribution is 1.87. The number of hydrogen-bond acceptors (Lipinski definition) is 2. The van der Waals surface area contributed by atoms with Gasteiger partial charge in [0.1, 0.15) is 0 Å². The molecule has 0 unspecified atom stereocenters. The van der Waals surface area contributed by atoms with Crippen molar-refractivity contribution >= 4 is 5.91 Å². The fourth-order valence-corrected chi connectivity index (χ4v) is 0.118. The summed E-state index contributed by atoms with van der Waals surface area (Å²) in [5.74, 6) is -0.655. The van der Waals surface area contributed by atoms with Crippen LogP contribution in [-0.4, -0.2) is 5.91 Å². The standard InChI is InChI=1S/C4H8NO2/c1-3(2)4(6)5-7/h3H,1-2H3,(H-,5,6,7)/q-1. The van der Waals surface area contributed by atoms with Gasteiger partial charge >= 0.3 is 0 Å². The van der Waals surface area contributed by atoms with E-state index in [9.17, 15) is 10.0 Å². The van der Waals surface area contributed by atoms with Crippen LogP contribution in [0.1, 0.15) is 13.8 Å². The van der Waals surface area contributed by atoms with Gasteiger partial charge in [0.25, 0.3) is 0 Å². The second-order valence-corrected chi connectivity index (χ2v) is 1.62. The number of carbonyl (C=O) groups excluding carboxylic acids is 1. The maximum atomic E-state index is 10.1. The van der Waals surface area contributed by atoms with Gasteiger partial charge in [-0.1, -0.05) is 13.8 Å². The van der Waals surface area contributed by atoms with Crippen LogP contribution in [0.15, 0.2) is 0 Å². The molecule has 0 fully saturated rings. The van der Waals surface area contributed by atoms with Crippen LogP contribution in [0.2, 0.25) is 0 Å². The summed E-state index contributed by atoms with van der Waals surface area (Å²) in [5.41, 5.74) is 1.28. The van der Waals surface area contributed by atoms with Gasteiger partial charge in [0, 0.05) is 5.92 Å². The van der Waals surface area contributed by atoms with Crippen molar-refractivity contribution in [3.63, 3.8) is 0 Å². The maximum Gasteiger partial charge on any atom is 0.211 e. The first-order valence-electron chi connectivity index (χ1n) is 2.10. The lowest BCUT2D eigenvalue weighted by atomic mass is 10.2. The molecule has 0 atom stereocenters. The van der Waals surface area contributed by atoms with Crippen molar-refractivity contribution < 1.29 is 4.79 Å². The minimum absolute atomic E-state index is 0.197. The van der Waals surface area contributed by atoms with Crippen LogP contribution >= 0.6 is 0 Å². The van der Waals surface area contributed by atoms with Gasteiger partial charge in [-0.05, 0) is 0 Å². The zero-order chi connectivity index (χ0) is 5.86. The number of carbonyl (C=O) groups is 1. The maximum absolute atomic E-state index is 10.1. The van der Waals surface area contributed by atoms with Crippen LogP contribution < -0.4 is 5.48 Å². The minimum atomic E-state index is -0.458. The molecule has 7 heavy (non-hydrogen) atoms. The lowest BCUT2D eigenvalue weighted by Crippen LogP contribution is -2.21. The summed E-state index contributed by atoms with van der Waals surface area (Å²) < 4.78 is 0. The van der Waals surface area contributed by atoms with E-state index >= 15 is 0 Å². The van der Waals surface area contributed by atoms with E-state index in [0.29, 0.717) is 0 Å². The smallest absolute Gasteiger partial charge is 0.211 e. The molecule has 0 aliphatic rings. The highest BCUT2D eigenvalue weighted by Gasteiger charge is 1.98. The topological polar surface area (TPSA) is 52.2 Å². The van der Waals surface area contributed by atoms with Gasteiger partial charge in [0.05, 0.1) is 0 Å². The fourth-order valence-electron chi connectivity index (χ4n) is 0.118. The Morgan fingerprint density at radius 1 is 1.71 bits per heavy atom. The van der Waals surface area contributed by atoms with E-state index in [-0.39, 0.29) is 5.92 Å². The quantitative estimate of drug-likeness (QED) is 0.483. The molecule has 1 N–H and O–H groups in total. The highest BCUT2D eigenvalue weighted by molar-refractivity contribution is 5.78. The third kappa shape index (κ3) is 2.17. The average molecular weight is 102 g/mol. The number of hydroxylamine groups is 1. The van der Waals surface area contributed by atoms with E-state index in [1.165, 1.54) is 5.48 Å². The summed E-state index contributed by atoms with van der Waals surface area (Å²) in [4.78, 5) is 10.1. The second-order valence-electron chi connectivity index (χ2n) is 1.62. The molecule has 3 nitrogen and oxygen atoms in total. The van der Waals surface area contributed by atoms with Crippen molar-refractivity contribution in [1.82, 2.24) is 5.48 Å². The molecule has 0 aliphatic carbocycles. The van der Waals surface area contributed by atoms with Gasteiger partial charge in [-0.25, -0.2) is 0 Å². The van der Waals surface area contributed by atoms with Gasteiger partial charge in [-0.15, -0.1) is 0 Å². The van der Waals surface area contributed by atoms with E-state index in [4.69, 9.17) is 0 Å². The van der Waals surface area contributed by atoms with Crippen molar-refractivity contribution in [2.45, 2.75) is 13.8 Å². The molecule has 0 bridgehead atoms. The summed E-state index contributed by atoms with van der Waals surface area (Å²) in [6, 6.07) is 0. The molecular weight excluding hydrogens is 94.0 g/mol. The van der Waals surface area contributed by atoms with Crippen LogP contribution in [0, 0.1) is 11.1 Å². The summed E-state index contributed by atoms with van der Waals surface area (Å²) >= 11 is 0. The molecule has 0 saturated heterocycles. The zero-order valence-corrected chi connectivity index (χ0v) is 4.39. The summed E-state index contributed by atoms with van der Waals surface area (Å²) in [6.07, 6.45) is 0. The van der Waals surface area contributed by atoms with Crippen LogP contribution in [0.25, 0.3) is 0 Å². The third-order valence-electron chi connectivity index (χ3n) is 0.625. The SMILES string of the molecule is CC(C)C(=O)N[O-]. The Bertz CT molecular complexity index is 70.1. The van der Waals surface area contributed by atoms with Crippen LogP contribution in [0.4, 0.5) is 0 Å². The van der Waals surface area contributed by atoms with E-state index in [2.05, 4.69) is 0 Å². The van der Waals surface area contributed by atoms with Crippen LogP contribution in [0.5, 0.6) is 0 Å². The summed E-state index contributed by atoms with van der Waals surface area (Å²) in [5, 5.41) is 9.47. The first-order valence-corrected chi connectivity index (χ1v) is 2.10. The number of hydrogen-bond donors (Lipinski definition) is 1. The van der Waals surface area contributed by atoms with E-state index in [1.54, 1.807) is 13.8 Å². The lowest BCUT2D eigenvalue weighted by Gasteiger charge is -2.08. The largest absolute Gasteiger partial charge is 0.759 e. The Kier molecular flexibility index (Phi) is 2.37. The molecule has 0 saturated carbocycles. The van der Waals surface area contributed by atoms with E-state index < -0.39 is 5.91 Å². The highest BCUT2D eigenvalue weighted by atomic mass is 16.5. The third-order valence-corrected chi connectivity index (χ3v) is 0.625. The predicted molar refractivity (Wildman–Crippen MR) is 26.3 cm³/mol. The lowest BCUT2D eigenvalue weighted by molar-refractivity contribution is -0.123. The predicted octanol–water partition coefficient (Wildman–Crippen LogP) is 0.256. The van der Waals surface area contributed by atoms with Gasteiger partial charge in [0.2, 0.25) is 5.91 Å². The normalized spacial score (nSPS) is 9.14. The molecule has 0 aromatic carbocycles. The average Bonchev–Trinajstić information content (AvgIpc) is 1.65. The Morgan fingerprint density at radius 3 is 2.14 bits per heavy atom. The molecule has 1 amide bonds. The molecule has 0 aromatic heterocycles. The fraction of sp³-hybridized carbons (Fsp3) is 0.750. The first-order chi connectivity index (χ1) is 3.18. The Morgan fingerprint density at radius 2 is 2.14 bits per heavy atom. The molecule has 0 aliphatic heterocycles. The minimum Gasteiger partial charge on any atom is -0.759 e. The monoisotopic (exact) mass is 102 g/mol. The van der Waals surface area contributed by atoms with E-state index in [1.807, 2.05) is 0 Å². The Balaban J connectivity index is 3.35. The molecule has 0 aromatic rings. The van der Waals surface area contributed by atoms with Crippen molar-refractivity contribution in [2.75, 3.05) is 0 Å². The van der Waals surface area contributed by atoms with Gasteiger partial charge in [-0.2, -0.15) is 0 Å². The van der Waals surface area contributed by atoms with Crippen molar-refractivity contribution in [1.29, 1.82) is 0 Å². The molecule has 42 valence electrons. The van der Waals surface area contributed by atoms with Gasteiger partial charge in [0.15, 0.2) is 0 Å². The Labute approximate surface area is 42.3 Å². The second kappa shape index (κ2) is 2.58. The molecule has 0 radical (unpaired) electrons. The Hall–Kier alpha value is -0.570. The number of nitrogens with one attached hydrogen (secondary N) is 1. The summed E-state index contributed by atoms with van der Waals surface area (Å²) in [7, 11) is 0. The number of rotatable bonds is 1. The van der Waals surface area contributed by atoms with Crippen LogP contribution in [-0.2, 0) is 4.79 Å². The molecule has 0 heterocycles. The summed E-state index contributed by atoms with van der Waals surface area (Å²) in [6.45, 7) is 3.32. The van der Waals surface area contributed by atoms with Gasteiger partial charge in [-0.3, -0.25) is 4.79 Å². The molecule has 0 rings (SSSR count). The van der Waals surface area contributed by atoms with Crippen molar-refractivity contribution in [3.8, 4) is 0 Å². The molecular formula is C4H8NO2-. The molecule has 3 heteroatoms. The van der Waals surface area contributed by atoms with Crippen molar-refractivity contribution in [2.24, 2.45) is 5.92 Å². The first kappa shape index (κ1) is 6.43. The molecule has 0 spiro atoms. The number of amides is 1. The van der Waals surface area contributed by atoms with Gasteiger partial charge < -0.3 is 10.7 Å². The zero-order valence-electron chi connectivity index (χ0n) is 4.39. The van der Waals surface area contributed by atoms with Crippen LogP contribution in [0.3, 0.4) is 0 Å². The van der Waals surface area contributed by atoms with Crippen molar-refractivity contribution in [3.05, 3.63) is 5.21 Å².